The first-order valence-electron chi connectivity index (χ1n) is 7.57. The van der Waals surface area contributed by atoms with Gasteiger partial charge in [0.25, 0.3) is 0 Å². The molecule has 0 amide bonds. The molecule has 21 heavy (non-hydrogen) atoms. The molecule has 0 aromatic heterocycles. The lowest BCUT2D eigenvalue weighted by Crippen LogP contribution is -2.24. The Hall–Kier alpha value is -1.32. The summed E-state index contributed by atoms with van der Waals surface area (Å²) >= 11 is 3.72. The molecule has 0 fully saturated rings. The second-order valence-corrected chi connectivity index (χ2v) is 6.46. The van der Waals surface area contributed by atoms with Crippen LogP contribution in [0, 0.1) is 0 Å². The number of anilines is 2. The predicted molar refractivity (Wildman–Crippen MR) is 93.3 cm³/mol. The van der Waals surface area contributed by atoms with E-state index < -0.39 is 0 Å². The summed E-state index contributed by atoms with van der Waals surface area (Å²) in [6.45, 7) is 6.32. The second kappa shape index (κ2) is 6.20. The standard InChI is InChI=1S/C18H21BrN2/c1-3-20-12-15-8-9-16(11-17(15)19)21-13(2)10-14-6-4-5-7-18(14)21/h4-9,11,13,20H,3,10,12H2,1-2H3. The van der Waals surface area contributed by atoms with Crippen molar-refractivity contribution in [3.8, 4) is 0 Å². The largest absolute Gasteiger partial charge is 0.338 e. The van der Waals surface area contributed by atoms with E-state index >= 15 is 0 Å². The molecule has 0 spiro atoms. The second-order valence-electron chi connectivity index (χ2n) is 5.61. The summed E-state index contributed by atoms with van der Waals surface area (Å²) in [5.41, 5.74) is 5.36. The molecule has 110 valence electrons. The Kier molecular flexibility index (Phi) is 4.32. The van der Waals surface area contributed by atoms with Gasteiger partial charge in [0.1, 0.15) is 0 Å². The van der Waals surface area contributed by atoms with E-state index in [0.717, 1.165) is 19.5 Å². The zero-order valence-corrected chi connectivity index (χ0v) is 14.2. The number of nitrogens with one attached hydrogen (secondary N) is 1. The minimum absolute atomic E-state index is 0.508. The molecule has 2 nitrogen and oxygen atoms in total. The molecule has 1 aliphatic rings. The molecule has 0 radical (unpaired) electrons. The maximum Gasteiger partial charge on any atom is 0.0446 e. The van der Waals surface area contributed by atoms with Crippen molar-refractivity contribution < 1.29 is 0 Å². The van der Waals surface area contributed by atoms with E-state index in [0.29, 0.717) is 6.04 Å². The van der Waals surface area contributed by atoms with E-state index in [4.69, 9.17) is 0 Å². The highest BCUT2D eigenvalue weighted by Gasteiger charge is 2.26. The SMILES string of the molecule is CCNCc1ccc(N2c3ccccc3CC2C)cc1Br. The molecule has 1 heterocycles. The van der Waals surface area contributed by atoms with Gasteiger partial charge in [0.05, 0.1) is 0 Å². The lowest BCUT2D eigenvalue weighted by Gasteiger charge is -2.25. The van der Waals surface area contributed by atoms with Crippen molar-refractivity contribution in [1.82, 2.24) is 5.32 Å². The van der Waals surface area contributed by atoms with Gasteiger partial charge >= 0.3 is 0 Å². The first kappa shape index (κ1) is 14.6. The Bertz CT molecular complexity index is 639. The van der Waals surface area contributed by atoms with E-state index in [1.165, 1.54) is 27.0 Å². The van der Waals surface area contributed by atoms with Crippen molar-refractivity contribution in [2.45, 2.75) is 32.9 Å². The highest BCUT2D eigenvalue weighted by molar-refractivity contribution is 9.10. The first-order chi connectivity index (χ1) is 10.2. The van der Waals surface area contributed by atoms with Crippen molar-refractivity contribution in [3.05, 3.63) is 58.1 Å². The van der Waals surface area contributed by atoms with Crippen LogP contribution in [0.1, 0.15) is 25.0 Å². The molecule has 2 aromatic rings. The van der Waals surface area contributed by atoms with Crippen LogP contribution in [0.5, 0.6) is 0 Å². The fourth-order valence-electron chi connectivity index (χ4n) is 3.05. The summed E-state index contributed by atoms with van der Waals surface area (Å²) in [7, 11) is 0. The molecule has 1 atom stereocenters. The lowest BCUT2D eigenvalue weighted by atomic mass is 10.1. The normalized spacial score (nSPS) is 17.1. The number of para-hydroxylation sites is 1. The number of nitrogens with zero attached hydrogens (tertiary/aromatic N) is 1. The van der Waals surface area contributed by atoms with Crippen LogP contribution in [0.15, 0.2) is 46.9 Å². The molecule has 0 saturated carbocycles. The Morgan fingerprint density at radius 1 is 1.24 bits per heavy atom. The maximum atomic E-state index is 3.72. The quantitative estimate of drug-likeness (QED) is 0.868. The van der Waals surface area contributed by atoms with E-state index in [1.807, 2.05) is 0 Å². The smallest absolute Gasteiger partial charge is 0.0446 e. The highest BCUT2D eigenvalue weighted by Crippen LogP contribution is 2.39. The summed E-state index contributed by atoms with van der Waals surface area (Å²) in [5.74, 6) is 0. The molecular formula is C18H21BrN2. The topological polar surface area (TPSA) is 15.3 Å². The van der Waals surface area contributed by atoms with Crippen LogP contribution in [-0.4, -0.2) is 12.6 Å². The molecule has 2 aromatic carbocycles. The van der Waals surface area contributed by atoms with Gasteiger partial charge in [-0.05, 0) is 49.2 Å². The number of rotatable bonds is 4. The fourth-order valence-corrected chi connectivity index (χ4v) is 3.56. The van der Waals surface area contributed by atoms with Gasteiger partial charge in [0.15, 0.2) is 0 Å². The summed E-state index contributed by atoms with van der Waals surface area (Å²) in [4.78, 5) is 2.44. The Balaban J connectivity index is 1.92. The molecule has 3 rings (SSSR count). The van der Waals surface area contributed by atoms with E-state index in [2.05, 4.69) is 82.5 Å². The van der Waals surface area contributed by atoms with Crippen LogP contribution in [0.3, 0.4) is 0 Å². The van der Waals surface area contributed by atoms with Gasteiger partial charge in [0, 0.05) is 28.4 Å². The van der Waals surface area contributed by atoms with Crippen LogP contribution in [0.4, 0.5) is 11.4 Å². The minimum Gasteiger partial charge on any atom is -0.338 e. The van der Waals surface area contributed by atoms with Crippen molar-refractivity contribution in [3.63, 3.8) is 0 Å². The summed E-state index contributed by atoms with van der Waals surface area (Å²) in [6, 6.07) is 15.9. The van der Waals surface area contributed by atoms with Gasteiger partial charge in [0.2, 0.25) is 0 Å². The molecule has 0 bridgehead atoms. The van der Waals surface area contributed by atoms with Crippen molar-refractivity contribution in [1.29, 1.82) is 0 Å². The minimum atomic E-state index is 0.508. The molecular weight excluding hydrogens is 324 g/mol. The van der Waals surface area contributed by atoms with Crippen LogP contribution >= 0.6 is 15.9 Å². The van der Waals surface area contributed by atoms with Gasteiger partial charge in [-0.1, -0.05) is 47.1 Å². The third-order valence-electron chi connectivity index (χ3n) is 4.09. The van der Waals surface area contributed by atoms with Crippen molar-refractivity contribution >= 4 is 27.3 Å². The van der Waals surface area contributed by atoms with Crippen LogP contribution in [0.2, 0.25) is 0 Å². The van der Waals surface area contributed by atoms with Gasteiger partial charge in [-0.2, -0.15) is 0 Å². The molecule has 1 aliphatic heterocycles. The Morgan fingerprint density at radius 2 is 2.05 bits per heavy atom. The van der Waals surface area contributed by atoms with Gasteiger partial charge in [-0.3, -0.25) is 0 Å². The predicted octanol–water partition coefficient (Wildman–Crippen LogP) is 4.64. The Labute approximate surface area is 135 Å². The van der Waals surface area contributed by atoms with E-state index in [1.54, 1.807) is 0 Å². The van der Waals surface area contributed by atoms with Crippen LogP contribution in [0.25, 0.3) is 0 Å². The third-order valence-corrected chi connectivity index (χ3v) is 4.83. The molecule has 3 heteroatoms. The number of halogens is 1. The van der Waals surface area contributed by atoms with Crippen LogP contribution < -0.4 is 10.2 Å². The first-order valence-corrected chi connectivity index (χ1v) is 8.36. The third kappa shape index (κ3) is 2.85. The average molecular weight is 345 g/mol. The van der Waals surface area contributed by atoms with Crippen molar-refractivity contribution in [2.24, 2.45) is 0 Å². The van der Waals surface area contributed by atoms with E-state index in [9.17, 15) is 0 Å². The number of benzene rings is 2. The van der Waals surface area contributed by atoms with Gasteiger partial charge < -0.3 is 10.2 Å². The average Bonchev–Trinajstić information content (AvgIpc) is 2.82. The Morgan fingerprint density at radius 3 is 2.81 bits per heavy atom. The number of fused-ring (bicyclic) bond motifs is 1. The van der Waals surface area contributed by atoms with Crippen LogP contribution in [-0.2, 0) is 13.0 Å². The number of hydrogen-bond acceptors (Lipinski definition) is 2. The zero-order valence-electron chi connectivity index (χ0n) is 12.6. The van der Waals surface area contributed by atoms with Crippen molar-refractivity contribution in [2.75, 3.05) is 11.4 Å². The van der Waals surface area contributed by atoms with E-state index in [-0.39, 0.29) is 0 Å². The lowest BCUT2D eigenvalue weighted by molar-refractivity contribution is 0.723. The number of hydrogen-bond donors (Lipinski definition) is 1. The maximum absolute atomic E-state index is 3.72. The molecule has 0 saturated heterocycles. The molecule has 0 aliphatic carbocycles. The summed E-state index contributed by atoms with van der Waals surface area (Å²) in [5, 5.41) is 3.38. The summed E-state index contributed by atoms with van der Waals surface area (Å²) < 4.78 is 1.18. The highest BCUT2D eigenvalue weighted by atomic mass is 79.9. The van der Waals surface area contributed by atoms with Gasteiger partial charge in [-0.25, -0.2) is 0 Å². The molecule has 1 unspecified atom stereocenters. The zero-order chi connectivity index (χ0) is 14.8. The monoisotopic (exact) mass is 344 g/mol. The molecule has 1 N–H and O–H groups in total. The fraction of sp³-hybridized carbons (Fsp3) is 0.333. The van der Waals surface area contributed by atoms with Gasteiger partial charge in [-0.15, -0.1) is 0 Å². The summed E-state index contributed by atoms with van der Waals surface area (Å²) in [6.07, 6.45) is 1.12.